The van der Waals surface area contributed by atoms with Gasteiger partial charge in [-0.05, 0) is 73.7 Å². The van der Waals surface area contributed by atoms with E-state index in [1.165, 1.54) is 12.0 Å². The third-order valence-electron chi connectivity index (χ3n) is 6.21. The Bertz CT molecular complexity index is 1290. The number of methoxy groups -OCH3 is 1. The van der Waals surface area contributed by atoms with Crippen molar-refractivity contribution in [3.63, 3.8) is 0 Å². The molecule has 1 fully saturated rings. The van der Waals surface area contributed by atoms with Crippen LogP contribution in [0.4, 0.5) is 5.69 Å². The summed E-state index contributed by atoms with van der Waals surface area (Å²) in [6.45, 7) is 7.75. The van der Waals surface area contributed by atoms with E-state index in [-0.39, 0.29) is 11.3 Å². The molecule has 1 atom stereocenters. The van der Waals surface area contributed by atoms with Gasteiger partial charge in [-0.3, -0.25) is 14.5 Å². The van der Waals surface area contributed by atoms with E-state index in [0.717, 1.165) is 27.8 Å². The Labute approximate surface area is 193 Å². The van der Waals surface area contributed by atoms with Gasteiger partial charge >= 0.3 is 0 Å². The molecule has 0 bridgehead atoms. The summed E-state index contributed by atoms with van der Waals surface area (Å²) < 4.78 is 5.55. The summed E-state index contributed by atoms with van der Waals surface area (Å²) in [5.41, 5.74) is 5.64. The first kappa shape index (κ1) is 22.3. The van der Waals surface area contributed by atoms with Crippen molar-refractivity contribution in [1.29, 1.82) is 0 Å². The van der Waals surface area contributed by atoms with Crippen molar-refractivity contribution < 1.29 is 19.4 Å². The lowest BCUT2D eigenvalue weighted by Gasteiger charge is -2.26. The van der Waals surface area contributed by atoms with Crippen molar-refractivity contribution in [2.24, 2.45) is 0 Å². The first-order chi connectivity index (χ1) is 15.7. The quantitative estimate of drug-likeness (QED) is 0.327. The topological polar surface area (TPSA) is 66.8 Å². The zero-order valence-corrected chi connectivity index (χ0v) is 19.5. The van der Waals surface area contributed by atoms with Crippen molar-refractivity contribution in [3.8, 4) is 5.75 Å². The standard InChI is InChI=1S/C28H27NO4/c1-16-13-19(4)27(33-5)22(14-16)25(30)23-24(20-9-7-6-8-10-20)29(28(32)26(23)31)21-12-11-17(2)18(3)15-21/h6-15,24,30H,1-5H3/b25-23+. The lowest BCUT2D eigenvalue weighted by molar-refractivity contribution is -0.132. The number of benzene rings is 3. The second-order valence-corrected chi connectivity index (χ2v) is 8.51. The van der Waals surface area contributed by atoms with Gasteiger partial charge in [-0.2, -0.15) is 0 Å². The minimum atomic E-state index is -0.765. The van der Waals surface area contributed by atoms with Crippen LogP contribution in [0.5, 0.6) is 5.75 Å². The molecule has 1 aliphatic rings. The van der Waals surface area contributed by atoms with E-state index in [0.29, 0.717) is 17.0 Å². The number of carbonyl (C=O) groups excluding carboxylic acids is 2. The Hall–Kier alpha value is -3.86. The number of ketones is 1. The van der Waals surface area contributed by atoms with Crippen LogP contribution in [0.3, 0.4) is 0 Å². The zero-order valence-electron chi connectivity index (χ0n) is 19.5. The third-order valence-corrected chi connectivity index (χ3v) is 6.21. The summed E-state index contributed by atoms with van der Waals surface area (Å²) in [7, 11) is 1.52. The summed E-state index contributed by atoms with van der Waals surface area (Å²) in [4.78, 5) is 28.2. The number of nitrogens with zero attached hydrogens (tertiary/aromatic N) is 1. The molecule has 1 heterocycles. The first-order valence-electron chi connectivity index (χ1n) is 10.8. The third kappa shape index (κ3) is 3.80. The molecule has 1 N–H and O–H groups in total. The average molecular weight is 442 g/mol. The van der Waals surface area contributed by atoms with Crippen molar-refractivity contribution in [3.05, 3.63) is 99.6 Å². The maximum absolute atomic E-state index is 13.4. The van der Waals surface area contributed by atoms with Crippen molar-refractivity contribution in [2.45, 2.75) is 33.7 Å². The predicted molar refractivity (Wildman–Crippen MR) is 130 cm³/mol. The molecule has 0 radical (unpaired) electrons. The van der Waals surface area contributed by atoms with Crippen LogP contribution in [0.25, 0.3) is 5.76 Å². The van der Waals surface area contributed by atoms with E-state index in [1.54, 1.807) is 6.07 Å². The highest BCUT2D eigenvalue weighted by molar-refractivity contribution is 6.51. The smallest absolute Gasteiger partial charge is 0.300 e. The Morgan fingerprint density at radius 3 is 2.21 bits per heavy atom. The molecule has 1 aliphatic heterocycles. The van der Waals surface area contributed by atoms with Crippen LogP contribution in [-0.4, -0.2) is 23.9 Å². The van der Waals surface area contributed by atoms with Crippen LogP contribution in [0.1, 0.15) is 39.4 Å². The van der Waals surface area contributed by atoms with Crippen molar-refractivity contribution in [2.75, 3.05) is 12.0 Å². The fraction of sp³-hybridized carbons (Fsp3) is 0.214. The van der Waals surface area contributed by atoms with Crippen LogP contribution in [0.2, 0.25) is 0 Å². The molecule has 168 valence electrons. The molecule has 0 spiro atoms. The van der Waals surface area contributed by atoms with Gasteiger partial charge in [-0.15, -0.1) is 0 Å². The van der Waals surface area contributed by atoms with Crippen molar-refractivity contribution >= 4 is 23.1 Å². The van der Waals surface area contributed by atoms with Gasteiger partial charge in [0.25, 0.3) is 11.7 Å². The van der Waals surface area contributed by atoms with Gasteiger partial charge < -0.3 is 9.84 Å². The minimum Gasteiger partial charge on any atom is -0.507 e. The second-order valence-electron chi connectivity index (χ2n) is 8.51. The fourth-order valence-electron chi connectivity index (χ4n) is 4.47. The molecular formula is C28H27NO4. The number of anilines is 1. The molecular weight excluding hydrogens is 414 g/mol. The Morgan fingerprint density at radius 2 is 1.58 bits per heavy atom. The van der Waals surface area contributed by atoms with Crippen molar-refractivity contribution in [1.82, 2.24) is 0 Å². The Balaban J connectivity index is 2.00. The molecule has 5 heteroatoms. The van der Waals surface area contributed by atoms with Crippen LogP contribution in [0.15, 0.2) is 66.2 Å². The molecule has 33 heavy (non-hydrogen) atoms. The van der Waals surface area contributed by atoms with Crippen LogP contribution in [0, 0.1) is 27.7 Å². The van der Waals surface area contributed by atoms with Gasteiger partial charge in [0.1, 0.15) is 11.5 Å². The summed E-state index contributed by atoms with van der Waals surface area (Å²) in [6, 6.07) is 17.9. The highest BCUT2D eigenvalue weighted by Crippen LogP contribution is 2.44. The molecule has 3 aromatic carbocycles. The lowest BCUT2D eigenvalue weighted by atomic mass is 9.93. The highest BCUT2D eigenvalue weighted by atomic mass is 16.5. The molecule has 1 saturated heterocycles. The number of aryl methyl sites for hydroxylation is 4. The predicted octanol–water partition coefficient (Wildman–Crippen LogP) is 5.56. The second kappa shape index (κ2) is 8.58. The van der Waals surface area contributed by atoms with E-state index in [4.69, 9.17) is 4.74 Å². The number of ether oxygens (including phenoxy) is 1. The number of aliphatic hydroxyl groups excluding tert-OH is 1. The Morgan fingerprint density at radius 1 is 0.879 bits per heavy atom. The maximum atomic E-state index is 13.4. The van der Waals surface area contributed by atoms with E-state index in [2.05, 4.69) is 0 Å². The SMILES string of the molecule is COc1c(C)cc(C)cc1/C(O)=C1\C(=O)C(=O)N(c2ccc(C)c(C)c2)C1c1ccccc1. The lowest BCUT2D eigenvalue weighted by Crippen LogP contribution is -2.29. The zero-order chi connectivity index (χ0) is 23.9. The maximum Gasteiger partial charge on any atom is 0.300 e. The number of aliphatic hydroxyl groups is 1. The summed E-state index contributed by atoms with van der Waals surface area (Å²) in [5.74, 6) is -1.16. The number of hydrogen-bond acceptors (Lipinski definition) is 4. The van der Waals surface area contributed by atoms with Crippen LogP contribution >= 0.6 is 0 Å². The monoisotopic (exact) mass is 441 g/mol. The number of rotatable bonds is 4. The summed E-state index contributed by atoms with van der Waals surface area (Å²) in [6.07, 6.45) is 0. The average Bonchev–Trinajstić information content (AvgIpc) is 3.06. The van der Waals surface area contributed by atoms with Gasteiger partial charge in [-0.25, -0.2) is 0 Å². The molecule has 1 amide bonds. The number of amides is 1. The summed E-state index contributed by atoms with van der Waals surface area (Å²) >= 11 is 0. The van der Waals surface area contributed by atoms with Gasteiger partial charge in [0.2, 0.25) is 0 Å². The minimum absolute atomic E-state index is 0.0488. The van der Waals surface area contributed by atoms with Gasteiger partial charge in [-0.1, -0.05) is 42.5 Å². The molecule has 0 aromatic heterocycles. The normalized spacial score (nSPS) is 17.5. The van der Waals surface area contributed by atoms with Gasteiger partial charge in [0, 0.05) is 5.69 Å². The first-order valence-corrected chi connectivity index (χ1v) is 10.8. The molecule has 1 unspecified atom stereocenters. The molecule has 4 rings (SSSR count). The fourth-order valence-corrected chi connectivity index (χ4v) is 4.47. The van der Waals surface area contributed by atoms with Crippen LogP contribution in [-0.2, 0) is 9.59 Å². The largest absolute Gasteiger partial charge is 0.507 e. The van der Waals surface area contributed by atoms with E-state index in [9.17, 15) is 14.7 Å². The number of hydrogen-bond donors (Lipinski definition) is 1. The van der Waals surface area contributed by atoms with Gasteiger partial charge in [0.05, 0.1) is 24.3 Å². The van der Waals surface area contributed by atoms with E-state index in [1.807, 2.05) is 82.3 Å². The highest BCUT2D eigenvalue weighted by Gasteiger charge is 2.47. The van der Waals surface area contributed by atoms with Gasteiger partial charge in [0.15, 0.2) is 0 Å². The molecule has 5 nitrogen and oxygen atoms in total. The molecule has 0 aliphatic carbocycles. The van der Waals surface area contributed by atoms with Crippen LogP contribution < -0.4 is 9.64 Å². The molecule has 3 aromatic rings. The molecule has 0 saturated carbocycles. The Kier molecular flexibility index (Phi) is 5.81. The number of carbonyl (C=O) groups is 2. The van der Waals surface area contributed by atoms with E-state index >= 15 is 0 Å². The summed E-state index contributed by atoms with van der Waals surface area (Å²) in [5, 5.41) is 11.5. The number of Topliss-reactive ketones (excluding diaryl/α,β-unsaturated/α-hetero) is 1. The van der Waals surface area contributed by atoms with E-state index < -0.39 is 17.7 Å².